The van der Waals surface area contributed by atoms with E-state index in [1.165, 1.54) is 0 Å². The molecule has 32 heavy (non-hydrogen) atoms. The SMILES string of the molecule is COc1cc(CNc2cccc(NC(=O)CC(C)C)c2)c(Br)cc1OCc1ccccc1. The van der Waals surface area contributed by atoms with E-state index in [9.17, 15) is 4.79 Å². The van der Waals surface area contributed by atoms with Gasteiger partial charge in [0, 0.05) is 28.8 Å². The summed E-state index contributed by atoms with van der Waals surface area (Å²) in [6.07, 6.45) is 0.503. The minimum Gasteiger partial charge on any atom is -0.493 e. The first-order valence-electron chi connectivity index (χ1n) is 10.6. The Kier molecular flexibility index (Phi) is 8.56. The molecule has 0 radical (unpaired) electrons. The number of rotatable bonds is 10. The van der Waals surface area contributed by atoms with Crippen LogP contribution in [-0.4, -0.2) is 13.0 Å². The van der Waals surface area contributed by atoms with Crippen LogP contribution in [0, 0.1) is 5.92 Å². The number of amides is 1. The van der Waals surface area contributed by atoms with Crippen LogP contribution in [0.4, 0.5) is 11.4 Å². The van der Waals surface area contributed by atoms with E-state index in [1.807, 2.05) is 80.6 Å². The van der Waals surface area contributed by atoms with Crippen LogP contribution in [0.1, 0.15) is 31.4 Å². The molecule has 0 saturated carbocycles. The van der Waals surface area contributed by atoms with Crippen LogP contribution >= 0.6 is 15.9 Å². The van der Waals surface area contributed by atoms with E-state index in [-0.39, 0.29) is 5.91 Å². The normalized spacial score (nSPS) is 10.7. The third-order valence-corrected chi connectivity index (χ3v) is 5.53. The zero-order chi connectivity index (χ0) is 22.9. The zero-order valence-electron chi connectivity index (χ0n) is 18.7. The summed E-state index contributed by atoms with van der Waals surface area (Å²) in [7, 11) is 1.64. The number of carbonyl (C=O) groups excluding carboxylic acids is 1. The topological polar surface area (TPSA) is 59.6 Å². The molecule has 0 fully saturated rings. The van der Waals surface area contributed by atoms with Gasteiger partial charge in [-0.05, 0) is 47.4 Å². The molecule has 3 aromatic rings. The first kappa shape index (κ1) is 23.7. The number of halogens is 1. The molecule has 3 aromatic carbocycles. The molecule has 0 aliphatic heterocycles. The largest absolute Gasteiger partial charge is 0.493 e. The fourth-order valence-electron chi connectivity index (χ4n) is 3.21. The van der Waals surface area contributed by atoms with Gasteiger partial charge >= 0.3 is 0 Å². The second-order valence-corrected chi connectivity index (χ2v) is 8.80. The molecule has 0 atom stereocenters. The smallest absolute Gasteiger partial charge is 0.224 e. The molecule has 3 rings (SSSR count). The minimum absolute atomic E-state index is 0.0238. The van der Waals surface area contributed by atoms with Gasteiger partial charge in [-0.1, -0.05) is 66.2 Å². The molecule has 6 heteroatoms. The average molecular weight is 497 g/mol. The van der Waals surface area contributed by atoms with Gasteiger partial charge in [0.1, 0.15) is 6.61 Å². The summed E-state index contributed by atoms with van der Waals surface area (Å²) in [6, 6.07) is 21.6. The Morgan fingerprint density at radius 3 is 2.44 bits per heavy atom. The molecule has 0 aromatic heterocycles. The highest BCUT2D eigenvalue weighted by Gasteiger charge is 2.11. The van der Waals surface area contributed by atoms with Crippen molar-refractivity contribution in [3.8, 4) is 11.5 Å². The van der Waals surface area contributed by atoms with E-state index in [4.69, 9.17) is 9.47 Å². The third-order valence-electron chi connectivity index (χ3n) is 4.79. The van der Waals surface area contributed by atoms with Gasteiger partial charge in [0.25, 0.3) is 0 Å². The lowest BCUT2D eigenvalue weighted by atomic mass is 10.1. The molecule has 0 unspecified atom stereocenters. The molecule has 2 N–H and O–H groups in total. The van der Waals surface area contributed by atoms with Crippen LogP contribution in [0.15, 0.2) is 71.2 Å². The van der Waals surface area contributed by atoms with Crippen molar-refractivity contribution in [3.63, 3.8) is 0 Å². The first-order valence-corrected chi connectivity index (χ1v) is 11.4. The number of benzene rings is 3. The van der Waals surface area contributed by atoms with Gasteiger partial charge in [0.05, 0.1) is 7.11 Å². The highest BCUT2D eigenvalue weighted by Crippen LogP contribution is 2.34. The molecule has 5 nitrogen and oxygen atoms in total. The maximum atomic E-state index is 12.0. The fraction of sp³-hybridized carbons (Fsp3) is 0.269. The second-order valence-electron chi connectivity index (χ2n) is 7.95. The summed E-state index contributed by atoms with van der Waals surface area (Å²) in [5.41, 5.74) is 3.82. The first-order chi connectivity index (χ1) is 15.4. The Morgan fingerprint density at radius 2 is 1.72 bits per heavy atom. The lowest BCUT2D eigenvalue weighted by Crippen LogP contribution is -2.13. The van der Waals surface area contributed by atoms with Gasteiger partial charge in [0.15, 0.2) is 11.5 Å². The van der Waals surface area contributed by atoms with Crippen molar-refractivity contribution in [2.75, 3.05) is 17.7 Å². The maximum Gasteiger partial charge on any atom is 0.224 e. The van der Waals surface area contributed by atoms with Crippen molar-refractivity contribution in [2.24, 2.45) is 5.92 Å². The number of hydrogen-bond acceptors (Lipinski definition) is 4. The van der Waals surface area contributed by atoms with Crippen LogP contribution < -0.4 is 20.1 Å². The van der Waals surface area contributed by atoms with Crippen LogP contribution in [-0.2, 0) is 17.9 Å². The second kappa shape index (κ2) is 11.6. The highest BCUT2D eigenvalue weighted by molar-refractivity contribution is 9.10. The Morgan fingerprint density at radius 1 is 0.969 bits per heavy atom. The Bertz CT molecular complexity index is 1040. The van der Waals surface area contributed by atoms with Crippen molar-refractivity contribution in [2.45, 2.75) is 33.4 Å². The van der Waals surface area contributed by atoms with E-state index in [0.29, 0.717) is 37.0 Å². The lowest BCUT2D eigenvalue weighted by molar-refractivity contribution is -0.116. The van der Waals surface area contributed by atoms with Crippen LogP contribution in [0.2, 0.25) is 0 Å². The summed E-state index contributed by atoms with van der Waals surface area (Å²) in [5, 5.41) is 6.36. The summed E-state index contributed by atoms with van der Waals surface area (Å²) in [6.45, 7) is 5.11. The molecular formula is C26H29BrN2O3. The van der Waals surface area contributed by atoms with E-state index in [2.05, 4.69) is 26.6 Å². The van der Waals surface area contributed by atoms with Gasteiger partial charge in [-0.2, -0.15) is 0 Å². The summed E-state index contributed by atoms with van der Waals surface area (Å²) in [5.74, 6) is 1.71. The molecular weight excluding hydrogens is 468 g/mol. The minimum atomic E-state index is 0.0238. The molecule has 0 aliphatic rings. The Hall–Kier alpha value is -2.99. The van der Waals surface area contributed by atoms with Crippen molar-refractivity contribution < 1.29 is 14.3 Å². The molecule has 0 bridgehead atoms. The molecule has 0 aliphatic carbocycles. The van der Waals surface area contributed by atoms with Crippen molar-refractivity contribution in [1.82, 2.24) is 0 Å². The monoisotopic (exact) mass is 496 g/mol. The number of carbonyl (C=O) groups is 1. The molecule has 168 valence electrons. The summed E-state index contributed by atoms with van der Waals surface area (Å²) >= 11 is 3.65. The molecule has 0 heterocycles. The van der Waals surface area contributed by atoms with E-state index >= 15 is 0 Å². The Balaban J connectivity index is 1.65. The average Bonchev–Trinajstić information content (AvgIpc) is 2.77. The van der Waals surface area contributed by atoms with Crippen molar-refractivity contribution in [1.29, 1.82) is 0 Å². The molecule has 0 spiro atoms. The number of ether oxygens (including phenoxy) is 2. The molecule has 0 saturated heterocycles. The fourth-order valence-corrected chi connectivity index (χ4v) is 3.67. The number of anilines is 2. The quantitative estimate of drug-likeness (QED) is 0.330. The predicted octanol–water partition coefficient (Wildman–Crippen LogP) is 6.63. The highest BCUT2D eigenvalue weighted by atomic mass is 79.9. The van der Waals surface area contributed by atoms with Gasteiger partial charge < -0.3 is 20.1 Å². The van der Waals surface area contributed by atoms with Gasteiger partial charge in [-0.25, -0.2) is 0 Å². The van der Waals surface area contributed by atoms with Crippen molar-refractivity contribution in [3.05, 3.63) is 82.3 Å². The van der Waals surface area contributed by atoms with Gasteiger partial charge in [-0.3, -0.25) is 4.79 Å². The Labute approximate surface area is 198 Å². The van der Waals surface area contributed by atoms with Gasteiger partial charge in [0.2, 0.25) is 5.91 Å². The zero-order valence-corrected chi connectivity index (χ0v) is 20.2. The third kappa shape index (κ3) is 7.02. The van der Waals surface area contributed by atoms with E-state index in [1.54, 1.807) is 7.11 Å². The number of methoxy groups -OCH3 is 1. The lowest BCUT2D eigenvalue weighted by Gasteiger charge is -2.15. The standard InChI is InChI=1S/C26H29BrN2O3/c1-18(2)12-26(30)29-22-11-7-10-21(14-22)28-16-20-13-24(31-3)25(15-23(20)27)32-17-19-8-5-4-6-9-19/h4-11,13-15,18,28H,12,16-17H2,1-3H3,(H,29,30). The maximum absolute atomic E-state index is 12.0. The van der Waals surface area contributed by atoms with Crippen molar-refractivity contribution >= 4 is 33.2 Å². The van der Waals surface area contributed by atoms with E-state index in [0.717, 1.165) is 27.0 Å². The van der Waals surface area contributed by atoms with Crippen LogP contribution in [0.3, 0.4) is 0 Å². The summed E-state index contributed by atoms with van der Waals surface area (Å²) in [4.78, 5) is 12.0. The van der Waals surface area contributed by atoms with Gasteiger partial charge in [-0.15, -0.1) is 0 Å². The van der Waals surface area contributed by atoms with E-state index < -0.39 is 0 Å². The number of hydrogen-bond donors (Lipinski definition) is 2. The van der Waals surface area contributed by atoms with Crippen LogP contribution in [0.25, 0.3) is 0 Å². The molecule has 1 amide bonds. The summed E-state index contributed by atoms with van der Waals surface area (Å²) < 4.78 is 12.5. The predicted molar refractivity (Wildman–Crippen MR) is 133 cm³/mol. The van der Waals surface area contributed by atoms with Crippen LogP contribution in [0.5, 0.6) is 11.5 Å². The number of nitrogens with one attached hydrogen (secondary N) is 2.